The van der Waals surface area contributed by atoms with Gasteiger partial charge in [-0.05, 0) is 40.1 Å². The fraction of sp³-hybridized carbons (Fsp3) is 0.111. The molecule has 0 radical (unpaired) electrons. The van der Waals surface area contributed by atoms with Crippen LogP contribution >= 0.6 is 12.4 Å². The van der Waals surface area contributed by atoms with Gasteiger partial charge in [0, 0.05) is 7.05 Å². The Morgan fingerprint density at radius 2 is 1.61 bits per heavy atom. The predicted molar refractivity (Wildman–Crippen MR) is 102 cm³/mol. The smallest absolute Gasteiger partial charge is 0.209 e. The summed E-state index contributed by atoms with van der Waals surface area (Å²) in [5.74, 6) is 0.297. The van der Waals surface area contributed by atoms with Crippen LogP contribution in [-0.4, -0.2) is 18.7 Å². The van der Waals surface area contributed by atoms with E-state index < -0.39 is 0 Å². The van der Waals surface area contributed by atoms with Crippen LogP contribution in [0.4, 0.5) is 0 Å². The molecule has 0 atom stereocenters. The molecule has 23 heavy (non-hydrogen) atoms. The normalized spacial score (nSPS) is 12.3. The Hall–Kier alpha value is -2.59. The highest BCUT2D eigenvalue weighted by Gasteiger charge is 2.04. The molecule has 3 rings (SSSR count). The lowest BCUT2D eigenvalue weighted by Gasteiger charge is -2.07. The number of hydrazone groups is 1. The Morgan fingerprint density at radius 1 is 0.957 bits per heavy atom. The van der Waals surface area contributed by atoms with E-state index in [0.717, 1.165) is 11.3 Å². The number of hydrogen-bond donors (Lipinski definition) is 2. The van der Waals surface area contributed by atoms with Gasteiger partial charge in [-0.15, -0.1) is 12.4 Å². The number of aliphatic imine (C=N–C) groups is 1. The van der Waals surface area contributed by atoms with Crippen molar-refractivity contribution in [1.82, 2.24) is 5.43 Å². The molecule has 3 aromatic rings. The van der Waals surface area contributed by atoms with Crippen LogP contribution in [0.3, 0.4) is 0 Å². The molecule has 0 amide bonds. The summed E-state index contributed by atoms with van der Waals surface area (Å²) < 4.78 is 0. The van der Waals surface area contributed by atoms with E-state index in [4.69, 9.17) is 5.73 Å². The maximum atomic E-state index is 5.60. The minimum Gasteiger partial charge on any atom is -0.369 e. The van der Waals surface area contributed by atoms with Crippen molar-refractivity contribution in [1.29, 1.82) is 0 Å². The first kappa shape index (κ1) is 16.8. The summed E-state index contributed by atoms with van der Waals surface area (Å²) >= 11 is 0. The highest BCUT2D eigenvalue weighted by Crippen LogP contribution is 2.26. The Morgan fingerprint density at radius 3 is 2.35 bits per heavy atom. The third kappa shape index (κ3) is 3.43. The first-order chi connectivity index (χ1) is 10.7. The first-order valence-electron chi connectivity index (χ1n) is 7.13. The van der Waals surface area contributed by atoms with E-state index in [1.54, 1.807) is 7.05 Å². The largest absolute Gasteiger partial charge is 0.369 e. The topological polar surface area (TPSA) is 62.8 Å². The lowest BCUT2D eigenvalue weighted by molar-refractivity contribution is 0.997. The molecule has 118 valence electrons. The molecule has 0 saturated carbocycles. The minimum atomic E-state index is 0. The highest BCUT2D eigenvalue weighted by molar-refractivity contribution is 6.11. The Balaban J connectivity index is 0.00000192. The van der Waals surface area contributed by atoms with Gasteiger partial charge in [0.05, 0.1) is 5.71 Å². The molecule has 0 unspecified atom stereocenters. The van der Waals surface area contributed by atoms with Gasteiger partial charge in [0.1, 0.15) is 0 Å². The van der Waals surface area contributed by atoms with Crippen molar-refractivity contribution in [2.24, 2.45) is 15.8 Å². The summed E-state index contributed by atoms with van der Waals surface area (Å²) in [7, 11) is 1.62. The van der Waals surface area contributed by atoms with Gasteiger partial charge in [-0.2, -0.15) is 5.10 Å². The van der Waals surface area contributed by atoms with Crippen LogP contribution in [0.25, 0.3) is 21.5 Å². The average molecular weight is 327 g/mol. The lowest BCUT2D eigenvalue weighted by atomic mass is 9.99. The molecule has 0 fully saturated rings. The third-order valence-corrected chi connectivity index (χ3v) is 3.74. The molecule has 3 aromatic carbocycles. The van der Waals surface area contributed by atoms with Crippen molar-refractivity contribution in [3.8, 4) is 0 Å². The van der Waals surface area contributed by atoms with E-state index in [2.05, 4.69) is 70.1 Å². The van der Waals surface area contributed by atoms with Gasteiger partial charge in [0.2, 0.25) is 5.96 Å². The molecule has 0 spiro atoms. The van der Waals surface area contributed by atoms with E-state index in [9.17, 15) is 0 Å². The second kappa shape index (κ2) is 7.11. The van der Waals surface area contributed by atoms with Crippen molar-refractivity contribution >= 4 is 45.6 Å². The molecule has 0 heterocycles. The number of hydrogen-bond acceptors (Lipinski definition) is 2. The van der Waals surface area contributed by atoms with Crippen molar-refractivity contribution in [2.45, 2.75) is 6.92 Å². The van der Waals surface area contributed by atoms with Crippen LogP contribution in [0.5, 0.6) is 0 Å². The molecule has 0 saturated heterocycles. The summed E-state index contributed by atoms with van der Waals surface area (Å²) in [6, 6.07) is 19.0. The number of rotatable bonds is 2. The quantitative estimate of drug-likeness (QED) is 0.326. The molecule has 0 aromatic heterocycles. The zero-order valence-electron chi connectivity index (χ0n) is 13.1. The monoisotopic (exact) mass is 326 g/mol. The summed E-state index contributed by atoms with van der Waals surface area (Å²) in [5, 5.41) is 9.19. The van der Waals surface area contributed by atoms with Gasteiger partial charge in [-0.1, -0.05) is 48.5 Å². The van der Waals surface area contributed by atoms with Crippen LogP contribution in [0.1, 0.15) is 12.5 Å². The lowest BCUT2D eigenvalue weighted by Crippen LogP contribution is -2.27. The Labute approximate surface area is 141 Å². The SMILES string of the molecule is CN=C(N)N/N=C(\C)c1ccc2ccc3ccccc3c2c1.Cl. The number of nitrogens with two attached hydrogens (primary N) is 1. The van der Waals surface area contributed by atoms with E-state index in [0.29, 0.717) is 5.96 Å². The highest BCUT2D eigenvalue weighted by atomic mass is 35.5. The Kier molecular flexibility index (Phi) is 5.19. The summed E-state index contributed by atoms with van der Waals surface area (Å²) in [6.45, 7) is 1.95. The molecule has 0 aliphatic rings. The van der Waals surface area contributed by atoms with Crippen molar-refractivity contribution in [3.05, 3.63) is 60.2 Å². The van der Waals surface area contributed by atoms with Crippen LogP contribution in [-0.2, 0) is 0 Å². The zero-order chi connectivity index (χ0) is 15.5. The van der Waals surface area contributed by atoms with Crippen LogP contribution in [0.2, 0.25) is 0 Å². The maximum Gasteiger partial charge on any atom is 0.209 e. The van der Waals surface area contributed by atoms with Crippen LogP contribution < -0.4 is 11.2 Å². The van der Waals surface area contributed by atoms with Crippen molar-refractivity contribution < 1.29 is 0 Å². The molecule has 4 nitrogen and oxygen atoms in total. The first-order valence-corrected chi connectivity index (χ1v) is 7.13. The fourth-order valence-corrected chi connectivity index (χ4v) is 2.48. The number of nitrogens with zero attached hydrogens (tertiary/aromatic N) is 2. The van der Waals surface area contributed by atoms with Gasteiger partial charge >= 0.3 is 0 Å². The summed E-state index contributed by atoms with van der Waals surface area (Å²) in [6.07, 6.45) is 0. The molecule has 5 heteroatoms. The van der Waals surface area contributed by atoms with Crippen molar-refractivity contribution in [2.75, 3.05) is 7.05 Å². The van der Waals surface area contributed by atoms with Gasteiger partial charge in [0.25, 0.3) is 0 Å². The minimum absolute atomic E-state index is 0. The van der Waals surface area contributed by atoms with Gasteiger partial charge in [-0.3, -0.25) is 4.99 Å². The maximum absolute atomic E-state index is 5.60. The van der Waals surface area contributed by atoms with Crippen molar-refractivity contribution in [3.63, 3.8) is 0 Å². The standard InChI is InChI=1S/C18H18N4.ClH/c1-12(21-22-18(19)20-2)15-10-9-14-8-7-13-5-3-4-6-16(13)17(14)11-15;/h3-11H,1-2H3,(H3,19,20,22);1H/b21-12+;. The van der Waals surface area contributed by atoms with E-state index in [1.165, 1.54) is 21.5 Å². The summed E-state index contributed by atoms with van der Waals surface area (Å²) in [4.78, 5) is 3.82. The van der Waals surface area contributed by atoms with E-state index in [-0.39, 0.29) is 12.4 Å². The molecule has 0 aliphatic heterocycles. The molecular formula is C18H19ClN4. The van der Waals surface area contributed by atoms with E-state index >= 15 is 0 Å². The average Bonchev–Trinajstić information content (AvgIpc) is 2.58. The Bertz CT molecular complexity index is 900. The van der Waals surface area contributed by atoms with Gasteiger partial charge < -0.3 is 5.73 Å². The number of benzene rings is 3. The second-order valence-electron chi connectivity index (χ2n) is 5.14. The number of guanidine groups is 1. The van der Waals surface area contributed by atoms with Gasteiger partial charge in [0.15, 0.2) is 0 Å². The molecular weight excluding hydrogens is 308 g/mol. The molecule has 0 aliphatic carbocycles. The van der Waals surface area contributed by atoms with Crippen LogP contribution in [0.15, 0.2) is 64.7 Å². The zero-order valence-corrected chi connectivity index (χ0v) is 13.9. The number of halogens is 1. The van der Waals surface area contributed by atoms with Gasteiger partial charge in [-0.25, -0.2) is 5.43 Å². The summed E-state index contributed by atoms with van der Waals surface area (Å²) in [5.41, 5.74) is 10.2. The number of fused-ring (bicyclic) bond motifs is 3. The second-order valence-corrected chi connectivity index (χ2v) is 5.14. The third-order valence-electron chi connectivity index (χ3n) is 3.74. The van der Waals surface area contributed by atoms with E-state index in [1.807, 2.05) is 6.92 Å². The predicted octanol–water partition coefficient (Wildman–Crippen LogP) is 3.67. The molecule has 0 bridgehead atoms. The number of nitrogens with one attached hydrogen (secondary N) is 1. The molecule has 3 N–H and O–H groups in total. The van der Waals surface area contributed by atoms with Crippen LogP contribution in [0, 0.1) is 0 Å². The fourth-order valence-electron chi connectivity index (χ4n) is 2.48.